The number of ether oxygens (including phenoxy) is 2. The Hall–Kier alpha value is -2.28. The van der Waals surface area contributed by atoms with Gasteiger partial charge in [0.25, 0.3) is 5.91 Å². The Bertz CT molecular complexity index is 532. The number of rotatable bonds is 3. The predicted octanol–water partition coefficient (Wildman–Crippen LogP) is -0.396. The van der Waals surface area contributed by atoms with Gasteiger partial charge in [-0.3, -0.25) is 9.59 Å². The van der Waals surface area contributed by atoms with Gasteiger partial charge in [0.1, 0.15) is 11.8 Å². The number of nitrogens with two attached hydrogens (primary N) is 2. The zero-order valence-electron chi connectivity index (χ0n) is 11.2. The second-order valence-corrected chi connectivity index (χ2v) is 4.45. The van der Waals surface area contributed by atoms with Gasteiger partial charge in [0.15, 0.2) is 0 Å². The van der Waals surface area contributed by atoms with Crippen LogP contribution in [0.1, 0.15) is 10.4 Å². The molecule has 7 nitrogen and oxygen atoms in total. The number of carbonyl (C=O) groups excluding carboxylic acids is 2. The molecule has 0 bridgehead atoms. The zero-order valence-corrected chi connectivity index (χ0v) is 11.2. The first-order chi connectivity index (χ1) is 9.54. The summed E-state index contributed by atoms with van der Waals surface area (Å²) < 4.78 is 10.3. The maximum absolute atomic E-state index is 12.5. The van der Waals surface area contributed by atoms with Gasteiger partial charge >= 0.3 is 0 Å². The number of nitrogen functional groups attached to an aromatic ring is 1. The molecule has 1 fully saturated rings. The van der Waals surface area contributed by atoms with E-state index in [1.165, 1.54) is 12.0 Å². The van der Waals surface area contributed by atoms with Crippen molar-refractivity contribution in [3.63, 3.8) is 0 Å². The van der Waals surface area contributed by atoms with Crippen molar-refractivity contribution in [2.75, 3.05) is 32.6 Å². The fraction of sp³-hybridized carbons (Fsp3) is 0.385. The van der Waals surface area contributed by atoms with E-state index in [0.717, 1.165) is 0 Å². The Balaban J connectivity index is 2.27. The van der Waals surface area contributed by atoms with Crippen LogP contribution in [0.3, 0.4) is 0 Å². The van der Waals surface area contributed by atoms with Gasteiger partial charge in [-0.15, -0.1) is 0 Å². The summed E-state index contributed by atoms with van der Waals surface area (Å²) in [5.74, 6) is -0.462. The second-order valence-electron chi connectivity index (χ2n) is 4.45. The molecule has 2 rings (SSSR count). The zero-order chi connectivity index (χ0) is 14.7. The SMILES string of the molecule is COc1cc(C(=O)N2CCOCC2C(N)=O)ccc1N. The third kappa shape index (κ3) is 2.67. The van der Waals surface area contributed by atoms with Crippen LogP contribution in [0.5, 0.6) is 5.75 Å². The molecule has 0 radical (unpaired) electrons. The molecule has 1 unspecified atom stereocenters. The number of hydrogen-bond donors (Lipinski definition) is 2. The molecule has 0 saturated carbocycles. The highest BCUT2D eigenvalue weighted by atomic mass is 16.5. The number of methoxy groups -OCH3 is 1. The van der Waals surface area contributed by atoms with Crippen molar-refractivity contribution in [1.29, 1.82) is 0 Å². The van der Waals surface area contributed by atoms with Gasteiger partial charge in [0, 0.05) is 12.1 Å². The number of anilines is 1. The van der Waals surface area contributed by atoms with Crippen molar-refractivity contribution < 1.29 is 19.1 Å². The minimum atomic E-state index is -0.750. The van der Waals surface area contributed by atoms with Crippen LogP contribution in [0.25, 0.3) is 0 Å². The van der Waals surface area contributed by atoms with Crippen LogP contribution in [0.4, 0.5) is 5.69 Å². The molecule has 1 heterocycles. The lowest BCUT2D eigenvalue weighted by Crippen LogP contribution is -2.54. The van der Waals surface area contributed by atoms with Gasteiger partial charge in [0.2, 0.25) is 5.91 Å². The van der Waals surface area contributed by atoms with Gasteiger partial charge in [-0.2, -0.15) is 0 Å². The number of carbonyl (C=O) groups is 2. The molecule has 1 aromatic carbocycles. The summed E-state index contributed by atoms with van der Waals surface area (Å²) >= 11 is 0. The number of primary amides is 1. The molecule has 0 spiro atoms. The fourth-order valence-corrected chi connectivity index (χ4v) is 2.09. The highest BCUT2D eigenvalue weighted by Gasteiger charge is 2.32. The van der Waals surface area contributed by atoms with E-state index in [4.69, 9.17) is 20.9 Å². The van der Waals surface area contributed by atoms with Crippen LogP contribution < -0.4 is 16.2 Å². The summed E-state index contributed by atoms with van der Waals surface area (Å²) in [7, 11) is 1.47. The van der Waals surface area contributed by atoms with Crippen LogP contribution in [0.15, 0.2) is 18.2 Å². The molecule has 1 aromatic rings. The molecule has 2 amide bonds. The van der Waals surface area contributed by atoms with Gasteiger partial charge in [-0.1, -0.05) is 0 Å². The molecular formula is C13H17N3O4. The van der Waals surface area contributed by atoms with Crippen LogP contribution in [0, 0.1) is 0 Å². The lowest BCUT2D eigenvalue weighted by atomic mass is 10.1. The van der Waals surface area contributed by atoms with Crippen LogP contribution in [0.2, 0.25) is 0 Å². The molecule has 4 N–H and O–H groups in total. The van der Waals surface area contributed by atoms with Crippen molar-refractivity contribution in [1.82, 2.24) is 4.90 Å². The number of nitrogens with zero attached hydrogens (tertiary/aromatic N) is 1. The van der Waals surface area contributed by atoms with Crippen molar-refractivity contribution in [2.24, 2.45) is 5.73 Å². The van der Waals surface area contributed by atoms with Crippen molar-refractivity contribution in [3.8, 4) is 5.75 Å². The summed E-state index contributed by atoms with van der Waals surface area (Å²) in [4.78, 5) is 25.3. The Labute approximate surface area is 116 Å². The van der Waals surface area contributed by atoms with E-state index in [1.807, 2.05) is 0 Å². The Morgan fingerprint density at radius 2 is 2.20 bits per heavy atom. The van der Waals surface area contributed by atoms with Crippen LogP contribution >= 0.6 is 0 Å². The summed E-state index contributed by atoms with van der Waals surface area (Å²) in [6.45, 7) is 0.813. The Kier molecular flexibility index (Phi) is 4.09. The van der Waals surface area contributed by atoms with Gasteiger partial charge in [0.05, 0.1) is 26.0 Å². The number of amides is 2. The molecule has 108 valence electrons. The topological polar surface area (TPSA) is 108 Å². The molecule has 0 aliphatic carbocycles. The van der Waals surface area contributed by atoms with Crippen molar-refractivity contribution >= 4 is 17.5 Å². The van der Waals surface area contributed by atoms with Crippen LogP contribution in [-0.4, -0.2) is 49.6 Å². The third-order valence-electron chi connectivity index (χ3n) is 3.20. The predicted molar refractivity (Wildman–Crippen MR) is 72.2 cm³/mol. The van der Waals surface area contributed by atoms with E-state index in [0.29, 0.717) is 30.2 Å². The molecule has 7 heteroatoms. The minimum Gasteiger partial charge on any atom is -0.495 e. The van der Waals surface area contributed by atoms with Gasteiger partial charge in [-0.05, 0) is 18.2 Å². The Morgan fingerprint density at radius 3 is 2.85 bits per heavy atom. The number of hydrogen-bond acceptors (Lipinski definition) is 5. The maximum atomic E-state index is 12.5. The average molecular weight is 279 g/mol. The van der Waals surface area contributed by atoms with E-state index in [2.05, 4.69) is 0 Å². The molecule has 1 saturated heterocycles. The quantitative estimate of drug-likeness (QED) is 0.732. The first kappa shape index (κ1) is 14.1. The van der Waals surface area contributed by atoms with Crippen molar-refractivity contribution in [3.05, 3.63) is 23.8 Å². The normalized spacial score (nSPS) is 18.6. The highest BCUT2D eigenvalue weighted by Crippen LogP contribution is 2.23. The largest absolute Gasteiger partial charge is 0.495 e. The van der Waals surface area contributed by atoms with E-state index in [1.54, 1.807) is 18.2 Å². The molecule has 0 aromatic heterocycles. The summed E-state index contributed by atoms with van der Waals surface area (Å²) in [5, 5.41) is 0. The minimum absolute atomic E-state index is 0.118. The molecule has 1 atom stereocenters. The Morgan fingerprint density at radius 1 is 1.45 bits per heavy atom. The summed E-state index contributed by atoms with van der Waals surface area (Å²) in [6, 6.07) is 3.98. The van der Waals surface area contributed by atoms with E-state index < -0.39 is 11.9 Å². The lowest BCUT2D eigenvalue weighted by molar-refractivity contribution is -0.127. The maximum Gasteiger partial charge on any atom is 0.254 e. The van der Waals surface area contributed by atoms with Gasteiger partial charge in [-0.25, -0.2) is 0 Å². The lowest BCUT2D eigenvalue weighted by Gasteiger charge is -2.33. The van der Waals surface area contributed by atoms with Crippen LogP contribution in [-0.2, 0) is 9.53 Å². The highest BCUT2D eigenvalue weighted by molar-refractivity contribution is 5.98. The van der Waals surface area contributed by atoms with Crippen molar-refractivity contribution in [2.45, 2.75) is 6.04 Å². The molecule has 1 aliphatic heterocycles. The van der Waals surface area contributed by atoms with E-state index in [9.17, 15) is 9.59 Å². The smallest absolute Gasteiger partial charge is 0.254 e. The molecule has 1 aliphatic rings. The van der Waals surface area contributed by atoms with Gasteiger partial charge < -0.3 is 25.8 Å². The standard InChI is InChI=1S/C13H17N3O4/c1-19-11-6-8(2-3-9(11)14)13(18)16-4-5-20-7-10(16)12(15)17/h2-3,6,10H,4-5,7,14H2,1H3,(H2,15,17). The fourth-order valence-electron chi connectivity index (χ4n) is 2.09. The molecule has 20 heavy (non-hydrogen) atoms. The monoisotopic (exact) mass is 279 g/mol. The number of morpholine rings is 1. The summed E-state index contributed by atoms with van der Waals surface area (Å²) in [6.07, 6.45) is 0. The first-order valence-electron chi connectivity index (χ1n) is 6.16. The third-order valence-corrected chi connectivity index (χ3v) is 3.20. The first-order valence-corrected chi connectivity index (χ1v) is 6.16. The second kappa shape index (κ2) is 5.79. The average Bonchev–Trinajstić information content (AvgIpc) is 2.47. The molecular weight excluding hydrogens is 262 g/mol. The van der Waals surface area contributed by atoms with E-state index in [-0.39, 0.29) is 12.5 Å². The number of benzene rings is 1. The van der Waals surface area contributed by atoms with E-state index >= 15 is 0 Å². The summed E-state index contributed by atoms with van der Waals surface area (Å²) in [5.41, 5.74) is 11.8.